The maximum absolute atomic E-state index is 2.47. The Balaban J connectivity index is 3.47. The third kappa shape index (κ3) is 6.32. The van der Waals surface area contributed by atoms with Gasteiger partial charge in [0.05, 0.1) is 0 Å². The monoisotopic (exact) mass is 159 g/mol. The Morgan fingerprint density at radius 2 is 1.67 bits per heavy atom. The van der Waals surface area contributed by atoms with Crippen LogP contribution in [-0.4, -0.2) is 16.9 Å². The van der Waals surface area contributed by atoms with Crippen LogP contribution in [0.2, 0.25) is 37.9 Å². The topological polar surface area (TPSA) is 0 Å². The highest BCUT2D eigenvalue weighted by Crippen LogP contribution is 2.12. The van der Waals surface area contributed by atoms with Crippen molar-refractivity contribution in [2.45, 2.75) is 44.8 Å². The Labute approximate surface area is 62.3 Å². The molecule has 2 heteroatoms. The summed E-state index contributed by atoms with van der Waals surface area (Å²) in [5.41, 5.74) is 1.59. The summed E-state index contributed by atoms with van der Waals surface area (Å²) in [6, 6.07) is 1.45. The van der Waals surface area contributed by atoms with E-state index in [0.29, 0.717) is 0 Å². The molecule has 9 heavy (non-hydrogen) atoms. The van der Waals surface area contributed by atoms with Gasteiger partial charge in [-0.3, -0.25) is 0 Å². The van der Waals surface area contributed by atoms with Crippen molar-refractivity contribution < 1.29 is 0 Å². The van der Waals surface area contributed by atoms with Crippen LogP contribution in [0.4, 0.5) is 0 Å². The zero-order valence-electron chi connectivity index (χ0n) is 7.41. The van der Waals surface area contributed by atoms with Crippen molar-refractivity contribution >= 4 is 16.9 Å². The summed E-state index contributed by atoms with van der Waals surface area (Å²) in [6.45, 7) is 12.2. The first-order chi connectivity index (χ1) is 3.95. The van der Waals surface area contributed by atoms with E-state index in [0.717, 1.165) is 0 Å². The molecule has 0 heterocycles. The van der Waals surface area contributed by atoms with E-state index in [1.54, 1.807) is 5.67 Å². The smallest absolute Gasteiger partial charge is 0.0414 e. The van der Waals surface area contributed by atoms with Crippen molar-refractivity contribution in [2.75, 3.05) is 0 Å². The fraction of sp³-hybridized carbons (Fsp3) is 1.00. The second-order valence-corrected chi connectivity index (χ2v) is 13.2. The summed E-state index contributed by atoms with van der Waals surface area (Å²) in [4.78, 5) is 0. The summed E-state index contributed by atoms with van der Waals surface area (Å²) < 4.78 is 0. The molecule has 0 aliphatic carbocycles. The van der Waals surface area contributed by atoms with Crippen LogP contribution in [0.25, 0.3) is 0 Å². The van der Waals surface area contributed by atoms with Gasteiger partial charge in [0.25, 0.3) is 0 Å². The van der Waals surface area contributed by atoms with Crippen LogP contribution in [0.5, 0.6) is 0 Å². The van der Waals surface area contributed by atoms with Gasteiger partial charge in [0.2, 0.25) is 0 Å². The largest absolute Gasteiger partial charge is 0.0713 e. The molecule has 0 saturated carbocycles. The molecule has 0 saturated heterocycles. The van der Waals surface area contributed by atoms with Gasteiger partial charge in [-0.25, -0.2) is 0 Å². The predicted molar refractivity (Wildman–Crippen MR) is 50.3 cm³/mol. The number of hydrogen-bond acceptors (Lipinski definition) is 0. The molecule has 0 spiro atoms. The van der Waals surface area contributed by atoms with Crippen LogP contribution in [-0.2, 0) is 0 Å². The molecule has 0 aromatic carbocycles. The normalized spacial score (nSPS) is 12.7. The van der Waals surface area contributed by atoms with E-state index in [9.17, 15) is 0 Å². The average molecular weight is 159 g/mol. The van der Waals surface area contributed by atoms with Crippen molar-refractivity contribution in [1.29, 1.82) is 0 Å². The summed E-state index contributed by atoms with van der Waals surface area (Å²) in [5.74, 6) is 0. The van der Waals surface area contributed by atoms with Crippen molar-refractivity contribution in [3.8, 4) is 0 Å². The Morgan fingerprint density at radius 1 is 1.22 bits per heavy atom. The Morgan fingerprint density at radius 3 is 1.78 bits per heavy atom. The molecule has 0 N–H and O–H groups in total. The van der Waals surface area contributed by atoms with Crippen LogP contribution in [0.1, 0.15) is 6.92 Å². The second kappa shape index (κ2) is 3.57. The van der Waals surface area contributed by atoms with Crippen molar-refractivity contribution in [1.82, 2.24) is 0 Å². The van der Waals surface area contributed by atoms with Gasteiger partial charge in [-0.15, -0.1) is 0 Å². The first-order valence-electron chi connectivity index (χ1n) is 3.77. The molecule has 0 aromatic heterocycles. The van der Waals surface area contributed by atoms with Crippen LogP contribution >= 0.6 is 0 Å². The molecule has 0 aliphatic rings. The summed E-state index contributed by atoms with van der Waals surface area (Å²) in [6.07, 6.45) is 0. The lowest BCUT2D eigenvalue weighted by Gasteiger charge is -2.18. The highest BCUT2D eigenvalue weighted by Gasteiger charge is 2.16. The zero-order valence-corrected chi connectivity index (χ0v) is 9.41. The molecule has 55 valence electrons. The third-order valence-corrected chi connectivity index (χ3v) is 9.30. The molecule has 0 bridgehead atoms. The molecule has 0 nitrogen and oxygen atoms in total. The SMILES string of the molecule is CC[Si](C)C[Si](C)(C)C. The standard InChI is InChI=1S/C7H19Si2/c1-6-8(2)7-9(3,4)5/h6-7H2,1-5H3. The fourth-order valence-corrected chi connectivity index (χ4v) is 9.27. The molecular formula is C7H19Si2. The van der Waals surface area contributed by atoms with Crippen molar-refractivity contribution in [3.63, 3.8) is 0 Å². The van der Waals surface area contributed by atoms with Gasteiger partial charge in [-0.2, -0.15) is 0 Å². The molecule has 0 aromatic rings. The molecule has 0 atom stereocenters. The molecular weight excluding hydrogens is 140 g/mol. The molecule has 0 aliphatic heterocycles. The van der Waals surface area contributed by atoms with Crippen molar-refractivity contribution in [2.24, 2.45) is 0 Å². The van der Waals surface area contributed by atoms with Crippen molar-refractivity contribution in [3.05, 3.63) is 0 Å². The first kappa shape index (κ1) is 9.43. The van der Waals surface area contributed by atoms with E-state index in [2.05, 4.69) is 33.1 Å². The van der Waals surface area contributed by atoms with E-state index in [1.807, 2.05) is 0 Å². The summed E-state index contributed by atoms with van der Waals surface area (Å²) in [7, 11) is -0.621. The number of hydrogen-bond donors (Lipinski definition) is 0. The molecule has 0 amide bonds. The highest BCUT2D eigenvalue weighted by atomic mass is 28.4. The van der Waals surface area contributed by atoms with E-state index < -0.39 is 8.07 Å². The molecule has 1 radical (unpaired) electrons. The minimum atomic E-state index is -0.696. The van der Waals surface area contributed by atoms with Gasteiger partial charge in [0, 0.05) is 16.9 Å². The average Bonchev–Trinajstić information content (AvgIpc) is 1.62. The van der Waals surface area contributed by atoms with Crippen LogP contribution in [0, 0.1) is 0 Å². The van der Waals surface area contributed by atoms with Crippen LogP contribution < -0.4 is 0 Å². The third-order valence-electron chi connectivity index (χ3n) is 1.44. The van der Waals surface area contributed by atoms with Gasteiger partial charge in [-0.05, 0) is 0 Å². The predicted octanol–water partition coefficient (Wildman–Crippen LogP) is 3.01. The van der Waals surface area contributed by atoms with E-state index in [-0.39, 0.29) is 8.80 Å². The van der Waals surface area contributed by atoms with E-state index >= 15 is 0 Å². The lowest BCUT2D eigenvalue weighted by atomic mass is 11.0. The lowest BCUT2D eigenvalue weighted by Crippen LogP contribution is -2.26. The maximum atomic E-state index is 2.47. The van der Waals surface area contributed by atoms with E-state index in [1.165, 1.54) is 6.04 Å². The minimum absolute atomic E-state index is 0.0754. The van der Waals surface area contributed by atoms with Gasteiger partial charge in [0.1, 0.15) is 0 Å². The quantitative estimate of drug-likeness (QED) is 0.555. The van der Waals surface area contributed by atoms with E-state index in [4.69, 9.17) is 0 Å². The van der Waals surface area contributed by atoms with Gasteiger partial charge in [-0.1, -0.05) is 44.8 Å². The maximum Gasteiger partial charge on any atom is 0.0414 e. The molecule has 0 unspecified atom stereocenters. The lowest BCUT2D eigenvalue weighted by molar-refractivity contribution is 1.38. The fourth-order valence-electron chi connectivity index (χ4n) is 1.03. The first-order valence-corrected chi connectivity index (χ1v) is 9.89. The Hall–Kier alpha value is 0.434. The van der Waals surface area contributed by atoms with Gasteiger partial charge >= 0.3 is 0 Å². The minimum Gasteiger partial charge on any atom is -0.0713 e. The Bertz CT molecular complexity index is 73.5. The summed E-state index contributed by atoms with van der Waals surface area (Å²) >= 11 is 0. The molecule has 0 fully saturated rings. The molecule has 0 rings (SSSR count). The number of rotatable bonds is 3. The van der Waals surface area contributed by atoms with Gasteiger partial charge < -0.3 is 0 Å². The summed E-state index contributed by atoms with van der Waals surface area (Å²) in [5, 5.41) is 0. The van der Waals surface area contributed by atoms with Gasteiger partial charge in [0.15, 0.2) is 0 Å². The van der Waals surface area contributed by atoms with Crippen LogP contribution in [0.3, 0.4) is 0 Å². The van der Waals surface area contributed by atoms with Crippen LogP contribution in [0.15, 0.2) is 0 Å². The Kier molecular flexibility index (Phi) is 3.74. The second-order valence-electron chi connectivity index (χ2n) is 4.05. The zero-order chi connectivity index (χ0) is 7.49. The highest BCUT2D eigenvalue weighted by molar-refractivity contribution is 6.87.